The van der Waals surface area contributed by atoms with Crippen molar-refractivity contribution in [3.8, 4) is 11.5 Å². The molecule has 3 nitrogen and oxygen atoms in total. The van der Waals surface area contributed by atoms with Crippen LogP contribution in [0.2, 0.25) is 5.02 Å². The first kappa shape index (κ1) is 13.5. The molecule has 0 bridgehead atoms. The van der Waals surface area contributed by atoms with Crippen LogP contribution < -0.4 is 9.47 Å². The van der Waals surface area contributed by atoms with Crippen LogP contribution >= 0.6 is 11.6 Å². The van der Waals surface area contributed by atoms with E-state index in [1.165, 1.54) is 0 Å². The number of ether oxygens (including phenoxy) is 2. The van der Waals surface area contributed by atoms with Crippen molar-refractivity contribution < 1.29 is 14.3 Å². The van der Waals surface area contributed by atoms with Crippen LogP contribution in [0.3, 0.4) is 0 Å². The number of allylic oxidation sites excluding steroid dienone is 1. The van der Waals surface area contributed by atoms with Crippen molar-refractivity contribution in [3.63, 3.8) is 0 Å². The average molecular weight is 293 g/mol. The lowest BCUT2D eigenvalue weighted by molar-refractivity contribution is -0.119. The molecule has 1 atom stereocenters. The number of Topliss-reactive ketones (excluding diaryl/α,β-unsaturated/α-hetero) is 1. The Morgan fingerprint density at radius 1 is 1.30 bits per heavy atom. The zero-order valence-corrected chi connectivity index (χ0v) is 12.2. The molecular weight excluding hydrogens is 276 g/mol. The van der Waals surface area contributed by atoms with E-state index in [9.17, 15) is 4.79 Å². The standard InChI is InChI=1S/C16H17ClO3/c1-10-3-2-4-12(15(10)18)7-11-8-13(17)16-14(9-11)19-5-6-20-16/h7-10H,2-6H2,1H3/b12-7+/t10-/m0/s1. The summed E-state index contributed by atoms with van der Waals surface area (Å²) < 4.78 is 11.1. The molecule has 1 fully saturated rings. The molecule has 1 heterocycles. The Kier molecular flexibility index (Phi) is 3.70. The van der Waals surface area contributed by atoms with Gasteiger partial charge < -0.3 is 9.47 Å². The summed E-state index contributed by atoms with van der Waals surface area (Å²) in [5, 5.41) is 0.533. The third-order valence-electron chi connectivity index (χ3n) is 3.81. The highest BCUT2D eigenvalue weighted by Gasteiger charge is 2.23. The van der Waals surface area contributed by atoms with Gasteiger partial charge in [-0.3, -0.25) is 4.79 Å². The van der Waals surface area contributed by atoms with Gasteiger partial charge in [0.25, 0.3) is 0 Å². The predicted octanol–water partition coefficient (Wildman–Crippen LogP) is 3.88. The number of fused-ring (bicyclic) bond motifs is 1. The van der Waals surface area contributed by atoms with Crippen molar-refractivity contribution in [3.05, 3.63) is 28.3 Å². The van der Waals surface area contributed by atoms with Crippen molar-refractivity contribution in [1.29, 1.82) is 0 Å². The lowest BCUT2D eigenvalue weighted by Gasteiger charge is -2.21. The molecule has 20 heavy (non-hydrogen) atoms. The highest BCUT2D eigenvalue weighted by Crippen LogP contribution is 2.39. The SMILES string of the molecule is C[C@H]1CCC/C(=C\c2cc(Cl)c3c(c2)OCCO3)C1=O. The molecule has 1 aromatic rings. The quantitative estimate of drug-likeness (QED) is 0.737. The van der Waals surface area contributed by atoms with E-state index >= 15 is 0 Å². The zero-order chi connectivity index (χ0) is 14.1. The minimum absolute atomic E-state index is 0.127. The molecule has 1 saturated carbocycles. The molecule has 1 aromatic carbocycles. The Balaban J connectivity index is 1.94. The highest BCUT2D eigenvalue weighted by molar-refractivity contribution is 6.32. The maximum atomic E-state index is 12.1. The molecule has 3 rings (SSSR count). The highest BCUT2D eigenvalue weighted by atomic mass is 35.5. The number of halogens is 1. The Hall–Kier alpha value is -1.48. The summed E-state index contributed by atoms with van der Waals surface area (Å²) in [4.78, 5) is 12.1. The van der Waals surface area contributed by atoms with E-state index in [-0.39, 0.29) is 11.7 Å². The smallest absolute Gasteiger partial charge is 0.179 e. The Labute approximate surface area is 123 Å². The van der Waals surface area contributed by atoms with Crippen LogP contribution in [0.5, 0.6) is 11.5 Å². The summed E-state index contributed by atoms with van der Waals surface area (Å²) in [6.45, 7) is 3.04. The molecule has 0 N–H and O–H groups in total. The van der Waals surface area contributed by atoms with E-state index in [1.807, 2.05) is 25.1 Å². The molecule has 0 aromatic heterocycles. The van der Waals surface area contributed by atoms with Crippen LogP contribution in [-0.4, -0.2) is 19.0 Å². The molecule has 0 spiro atoms. The summed E-state index contributed by atoms with van der Waals surface area (Å²) in [7, 11) is 0. The van der Waals surface area contributed by atoms with Crippen molar-refractivity contribution in [2.75, 3.05) is 13.2 Å². The molecule has 106 valence electrons. The molecule has 2 aliphatic rings. The second-order valence-corrected chi connectivity index (χ2v) is 5.76. The molecule has 0 amide bonds. The normalized spacial score (nSPS) is 24.0. The summed E-state index contributed by atoms with van der Waals surface area (Å²) in [5.41, 5.74) is 1.79. The van der Waals surface area contributed by atoms with Gasteiger partial charge in [-0.2, -0.15) is 0 Å². The van der Waals surface area contributed by atoms with Gasteiger partial charge in [-0.25, -0.2) is 0 Å². The number of rotatable bonds is 1. The number of carbonyl (C=O) groups is 1. The van der Waals surface area contributed by atoms with Crippen molar-refractivity contribution >= 4 is 23.5 Å². The van der Waals surface area contributed by atoms with Gasteiger partial charge in [0.2, 0.25) is 0 Å². The predicted molar refractivity (Wildman–Crippen MR) is 78.4 cm³/mol. The molecular formula is C16H17ClO3. The van der Waals surface area contributed by atoms with E-state index in [2.05, 4.69) is 0 Å². The third-order valence-corrected chi connectivity index (χ3v) is 4.09. The van der Waals surface area contributed by atoms with Crippen molar-refractivity contribution in [2.45, 2.75) is 26.2 Å². The minimum Gasteiger partial charge on any atom is -0.486 e. The van der Waals surface area contributed by atoms with E-state index in [0.717, 1.165) is 30.4 Å². The van der Waals surface area contributed by atoms with Crippen molar-refractivity contribution in [1.82, 2.24) is 0 Å². The second-order valence-electron chi connectivity index (χ2n) is 5.35. The van der Waals surface area contributed by atoms with E-state index < -0.39 is 0 Å². The van der Waals surface area contributed by atoms with Gasteiger partial charge in [0.1, 0.15) is 13.2 Å². The second kappa shape index (κ2) is 5.49. The molecule has 0 radical (unpaired) electrons. The number of hydrogen-bond donors (Lipinski definition) is 0. The van der Waals surface area contributed by atoms with E-state index in [4.69, 9.17) is 21.1 Å². The first-order valence-corrected chi connectivity index (χ1v) is 7.37. The van der Waals surface area contributed by atoms with Gasteiger partial charge in [-0.15, -0.1) is 0 Å². The van der Waals surface area contributed by atoms with Crippen LogP contribution in [0.15, 0.2) is 17.7 Å². The van der Waals surface area contributed by atoms with E-state index in [1.54, 1.807) is 0 Å². The van der Waals surface area contributed by atoms with Crippen LogP contribution in [0.25, 0.3) is 6.08 Å². The van der Waals surface area contributed by atoms with Crippen LogP contribution in [-0.2, 0) is 4.79 Å². The molecule has 1 aliphatic heterocycles. The molecule has 1 aliphatic carbocycles. The molecule has 4 heteroatoms. The fraction of sp³-hybridized carbons (Fsp3) is 0.438. The number of benzene rings is 1. The maximum Gasteiger partial charge on any atom is 0.179 e. The molecule has 0 unspecified atom stereocenters. The maximum absolute atomic E-state index is 12.1. The van der Waals surface area contributed by atoms with Gasteiger partial charge in [-0.1, -0.05) is 18.5 Å². The van der Waals surface area contributed by atoms with Gasteiger partial charge in [0.05, 0.1) is 5.02 Å². The summed E-state index contributed by atoms with van der Waals surface area (Å²) in [6, 6.07) is 3.72. The third kappa shape index (κ3) is 2.55. The van der Waals surface area contributed by atoms with Gasteiger partial charge in [0.15, 0.2) is 17.3 Å². The van der Waals surface area contributed by atoms with Crippen molar-refractivity contribution in [2.24, 2.45) is 5.92 Å². The Morgan fingerprint density at radius 2 is 2.10 bits per heavy atom. The van der Waals surface area contributed by atoms with E-state index in [0.29, 0.717) is 29.7 Å². The number of hydrogen-bond acceptors (Lipinski definition) is 3. The fourth-order valence-corrected chi connectivity index (χ4v) is 3.00. The first-order valence-electron chi connectivity index (χ1n) is 6.99. The summed E-state index contributed by atoms with van der Waals surface area (Å²) >= 11 is 6.21. The zero-order valence-electron chi connectivity index (χ0n) is 11.4. The monoisotopic (exact) mass is 292 g/mol. The molecule has 0 saturated heterocycles. The lowest BCUT2D eigenvalue weighted by Crippen LogP contribution is -2.18. The average Bonchev–Trinajstić information content (AvgIpc) is 2.44. The lowest BCUT2D eigenvalue weighted by atomic mass is 9.84. The van der Waals surface area contributed by atoms with Gasteiger partial charge >= 0.3 is 0 Å². The largest absolute Gasteiger partial charge is 0.486 e. The van der Waals surface area contributed by atoms with Crippen LogP contribution in [0, 0.1) is 5.92 Å². The summed E-state index contributed by atoms with van der Waals surface area (Å²) in [6.07, 6.45) is 4.83. The Morgan fingerprint density at radius 3 is 2.95 bits per heavy atom. The minimum atomic E-state index is 0.127. The summed E-state index contributed by atoms with van der Waals surface area (Å²) in [5.74, 6) is 1.64. The first-order chi connectivity index (χ1) is 9.65. The topological polar surface area (TPSA) is 35.5 Å². The fourth-order valence-electron chi connectivity index (χ4n) is 2.73. The van der Waals surface area contributed by atoms with Gasteiger partial charge in [0, 0.05) is 5.92 Å². The number of ketones is 1. The van der Waals surface area contributed by atoms with Crippen LogP contribution in [0.4, 0.5) is 0 Å². The number of carbonyl (C=O) groups excluding carboxylic acids is 1. The van der Waals surface area contributed by atoms with Crippen LogP contribution in [0.1, 0.15) is 31.7 Å². The Bertz CT molecular complexity index is 577. The van der Waals surface area contributed by atoms with Gasteiger partial charge in [-0.05, 0) is 48.6 Å².